The minimum atomic E-state index is -0.552. The van der Waals surface area contributed by atoms with Crippen molar-refractivity contribution in [3.8, 4) is 0 Å². The van der Waals surface area contributed by atoms with E-state index in [0.29, 0.717) is 16.7 Å². The van der Waals surface area contributed by atoms with Gasteiger partial charge in [0, 0.05) is 6.04 Å². The first-order valence-electron chi connectivity index (χ1n) is 6.02. The number of aromatic nitrogens is 1. The summed E-state index contributed by atoms with van der Waals surface area (Å²) in [5, 5.41) is 2.74. The lowest BCUT2D eigenvalue weighted by atomic mass is 10.2. The van der Waals surface area contributed by atoms with Crippen LogP contribution < -0.4 is 5.32 Å². The van der Waals surface area contributed by atoms with Gasteiger partial charge in [-0.2, -0.15) is 0 Å². The van der Waals surface area contributed by atoms with Gasteiger partial charge in [-0.05, 0) is 31.0 Å². The Kier molecular flexibility index (Phi) is 2.91. The van der Waals surface area contributed by atoms with E-state index in [1.165, 1.54) is 6.39 Å². The molecule has 98 valence electrons. The lowest BCUT2D eigenvalue weighted by Gasteiger charge is -2.05. The lowest BCUT2D eigenvalue weighted by molar-refractivity contribution is -0.124. The maximum Gasteiger partial charge on any atom is 0.338 e. The molecule has 1 aliphatic carbocycles. The van der Waals surface area contributed by atoms with E-state index >= 15 is 0 Å². The number of ether oxygens (including phenoxy) is 1. The second-order valence-corrected chi connectivity index (χ2v) is 4.45. The zero-order valence-electron chi connectivity index (χ0n) is 10.1. The third-order valence-corrected chi connectivity index (χ3v) is 2.84. The molecule has 6 heteroatoms. The number of rotatable bonds is 4. The molecular weight excluding hydrogens is 248 g/mol. The molecule has 1 aromatic carbocycles. The molecule has 0 saturated heterocycles. The predicted octanol–water partition coefficient (Wildman–Crippen LogP) is 1.26. The second-order valence-electron chi connectivity index (χ2n) is 4.45. The fourth-order valence-electron chi connectivity index (χ4n) is 1.69. The molecule has 1 aliphatic rings. The molecule has 1 fully saturated rings. The van der Waals surface area contributed by atoms with Crippen LogP contribution in [0.4, 0.5) is 0 Å². The molecule has 0 spiro atoms. The highest BCUT2D eigenvalue weighted by molar-refractivity contribution is 5.94. The first-order chi connectivity index (χ1) is 9.22. The van der Waals surface area contributed by atoms with Gasteiger partial charge in [0.15, 0.2) is 18.6 Å². The Labute approximate surface area is 108 Å². The zero-order valence-corrected chi connectivity index (χ0v) is 10.1. The highest BCUT2D eigenvalue weighted by atomic mass is 16.5. The second kappa shape index (κ2) is 4.72. The van der Waals surface area contributed by atoms with Crippen LogP contribution in [0, 0.1) is 0 Å². The number of benzene rings is 1. The van der Waals surface area contributed by atoms with Crippen molar-refractivity contribution in [1.82, 2.24) is 10.3 Å². The monoisotopic (exact) mass is 260 g/mol. The SMILES string of the molecule is O=C(COC(=O)c1ccc2ncoc2c1)NC1CC1. The molecule has 1 aromatic heterocycles. The molecule has 1 N–H and O–H groups in total. The molecule has 6 nitrogen and oxygen atoms in total. The molecule has 1 heterocycles. The van der Waals surface area contributed by atoms with Gasteiger partial charge < -0.3 is 14.5 Å². The van der Waals surface area contributed by atoms with Crippen LogP contribution in [-0.2, 0) is 9.53 Å². The van der Waals surface area contributed by atoms with Crippen LogP contribution in [0.25, 0.3) is 11.1 Å². The van der Waals surface area contributed by atoms with E-state index in [-0.39, 0.29) is 18.6 Å². The van der Waals surface area contributed by atoms with E-state index in [9.17, 15) is 9.59 Å². The molecule has 0 bridgehead atoms. The van der Waals surface area contributed by atoms with Crippen LogP contribution >= 0.6 is 0 Å². The molecule has 0 radical (unpaired) electrons. The van der Waals surface area contributed by atoms with Gasteiger partial charge in [0.25, 0.3) is 5.91 Å². The van der Waals surface area contributed by atoms with E-state index < -0.39 is 5.97 Å². The molecule has 0 atom stereocenters. The molecule has 19 heavy (non-hydrogen) atoms. The van der Waals surface area contributed by atoms with Crippen LogP contribution in [0.2, 0.25) is 0 Å². The highest BCUT2D eigenvalue weighted by Crippen LogP contribution is 2.18. The number of nitrogens with zero attached hydrogens (tertiary/aromatic N) is 1. The molecular formula is C13H12N2O4. The van der Waals surface area contributed by atoms with E-state index in [2.05, 4.69) is 10.3 Å². The van der Waals surface area contributed by atoms with Crippen LogP contribution in [-0.4, -0.2) is 29.5 Å². The normalized spacial score (nSPS) is 14.3. The van der Waals surface area contributed by atoms with E-state index in [1.807, 2.05) is 0 Å². The van der Waals surface area contributed by atoms with Gasteiger partial charge >= 0.3 is 5.97 Å². The highest BCUT2D eigenvalue weighted by Gasteiger charge is 2.23. The fourth-order valence-corrected chi connectivity index (χ4v) is 1.69. The first-order valence-corrected chi connectivity index (χ1v) is 6.02. The number of oxazole rings is 1. The summed E-state index contributed by atoms with van der Waals surface area (Å²) in [5.41, 5.74) is 1.52. The van der Waals surface area contributed by atoms with Gasteiger partial charge in [-0.25, -0.2) is 9.78 Å². The van der Waals surface area contributed by atoms with Gasteiger partial charge in [0.1, 0.15) is 5.52 Å². The molecule has 2 aromatic rings. The average Bonchev–Trinajstić information content (AvgIpc) is 3.09. The third kappa shape index (κ3) is 2.73. The van der Waals surface area contributed by atoms with Crippen molar-refractivity contribution >= 4 is 23.0 Å². The Morgan fingerprint density at radius 2 is 2.26 bits per heavy atom. The van der Waals surface area contributed by atoms with E-state index in [0.717, 1.165) is 12.8 Å². The Morgan fingerprint density at radius 3 is 3.05 bits per heavy atom. The van der Waals surface area contributed by atoms with Gasteiger partial charge in [-0.15, -0.1) is 0 Å². The average molecular weight is 260 g/mol. The van der Waals surface area contributed by atoms with Gasteiger partial charge in [-0.1, -0.05) is 0 Å². The summed E-state index contributed by atoms with van der Waals surface area (Å²) in [4.78, 5) is 27.1. The molecule has 1 amide bonds. The quantitative estimate of drug-likeness (QED) is 0.837. The summed E-state index contributed by atoms with van der Waals surface area (Å²) in [6.07, 6.45) is 3.31. The molecule has 1 saturated carbocycles. The molecule has 0 unspecified atom stereocenters. The van der Waals surface area contributed by atoms with Crippen molar-refractivity contribution in [2.45, 2.75) is 18.9 Å². The van der Waals surface area contributed by atoms with Crippen LogP contribution in [0.3, 0.4) is 0 Å². The van der Waals surface area contributed by atoms with E-state index in [1.54, 1.807) is 18.2 Å². The van der Waals surface area contributed by atoms with Crippen molar-refractivity contribution in [2.75, 3.05) is 6.61 Å². The lowest BCUT2D eigenvalue weighted by Crippen LogP contribution is -2.30. The van der Waals surface area contributed by atoms with Gasteiger partial charge in [-0.3, -0.25) is 4.79 Å². The third-order valence-electron chi connectivity index (χ3n) is 2.84. The van der Waals surface area contributed by atoms with Crippen LogP contribution in [0.1, 0.15) is 23.2 Å². The Balaban J connectivity index is 1.60. The van der Waals surface area contributed by atoms with Crippen LogP contribution in [0.15, 0.2) is 29.0 Å². The van der Waals surface area contributed by atoms with Gasteiger partial charge in [0.2, 0.25) is 0 Å². The number of hydrogen-bond donors (Lipinski definition) is 1. The minimum Gasteiger partial charge on any atom is -0.452 e. The Morgan fingerprint density at radius 1 is 1.42 bits per heavy atom. The first kappa shape index (κ1) is 11.7. The predicted molar refractivity (Wildman–Crippen MR) is 65.5 cm³/mol. The smallest absolute Gasteiger partial charge is 0.338 e. The number of hydrogen-bond acceptors (Lipinski definition) is 5. The number of carbonyl (C=O) groups is 2. The number of nitrogens with one attached hydrogen (secondary N) is 1. The maximum absolute atomic E-state index is 11.8. The number of fused-ring (bicyclic) bond motifs is 1. The summed E-state index contributed by atoms with van der Waals surface area (Å²) < 4.78 is 10.0. The standard InChI is InChI=1S/C13H12N2O4/c16-12(15-9-2-3-9)6-18-13(17)8-1-4-10-11(5-8)19-7-14-10/h1,4-5,7,9H,2-3,6H2,(H,15,16). The number of esters is 1. The van der Waals surface area contributed by atoms with Crippen LogP contribution in [0.5, 0.6) is 0 Å². The summed E-state index contributed by atoms with van der Waals surface area (Å²) in [6.45, 7) is -0.260. The van der Waals surface area contributed by atoms with E-state index in [4.69, 9.17) is 9.15 Å². The molecule has 3 rings (SSSR count). The van der Waals surface area contributed by atoms with Crippen molar-refractivity contribution in [2.24, 2.45) is 0 Å². The Bertz CT molecular complexity index is 630. The topological polar surface area (TPSA) is 81.4 Å². The summed E-state index contributed by atoms with van der Waals surface area (Å²) >= 11 is 0. The number of amides is 1. The summed E-state index contributed by atoms with van der Waals surface area (Å²) in [7, 11) is 0. The zero-order chi connectivity index (χ0) is 13.2. The fraction of sp³-hybridized carbons (Fsp3) is 0.308. The maximum atomic E-state index is 11.8. The Hall–Kier alpha value is -2.37. The molecule has 0 aliphatic heterocycles. The van der Waals surface area contributed by atoms with Crippen molar-refractivity contribution in [1.29, 1.82) is 0 Å². The van der Waals surface area contributed by atoms with Crippen molar-refractivity contribution in [3.63, 3.8) is 0 Å². The summed E-state index contributed by atoms with van der Waals surface area (Å²) in [6, 6.07) is 5.06. The summed E-state index contributed by atoms with van der Waals surface area (Å²) in [5.74, 6) is -0.819. The minimum absolute atomic E-state index is 0.260. The number of carbonyl (C=O) groups excluding carboxylic acids is 2. The largest absolute Gasteiger partial charge is 0.452 e. The van der Waals surface area contributed by atoms with Crippen molar-refractivity contribution < 1.29 is 18.7 Å². The van der Waals surface area contributed by atoms with Crippen molar-refractivity contribution in [3.05, 3.63) is 30.2 Å². The van der Waals surface area contributed by atoms with Gasteiger partial charge in [0.05, 0.1) is 5.56 Å².